The number of carbonyl (C=O) groups excluding carboxylic acids is 1. The molecule has 2 aromatic rings. The molecule has 1 amide bonds. The van der Waals surface area contributed by atoms with Gasteiger partial charge in [-0.2, -0.15) is 0 Å². The lowest BCUT2D eigenvalue weighted by molar-refractivity contribution is -0.117. The van der Waals surface area contributed by atoms with Crippen LogP contribution in [-0.2, 0) is 4.79 Å². The zero-order valence-corrected chi connectivity index (χ0v) is 12.4. The number of benzene rings is 2. The monoisotopic (exact) mass is 301 g/mol. The summed E-state index contributed by atoms with van der Waals surface area (Å²) in [5, 5.41) is 3.47. The second-order valence-corrected chi connectivity index (χ2v) is 5.74. The van der Waals surface area contributed by atoms with Crippen molar-refractivity contribution in [1.82, 2.24) is 0 Å². The van der Waals surface area contributed by atoms with E-state index in [2.05, 4.69) is 12.2 Å². The molecule has 0 bridgehead atoms. The average Bonchev–Trinajstić information content (AvgIpc) is 3.20. The molecule has 1 fully saturated rings. The second-order valence-electron chi connectivity index (χ2n) is 5.34. The lowest BCUT2D eigenvalue weighted by Gasteiger charge is -2.13. The third kappa shape index (κ3) is 3.19. The van der Waals surface area contributed by atoms with Crippen molar-refractivity contribution >= 4 is 23.2 Å². The maximum absolute atomic E-state index is 12.1. The van der Waals surface area contributed by atoms with Crippen molar-refractivity contribution in [3.8, 4) is 11.5 Å². The summed E-state index contributed by atoms with van der Waals surface area (Å²) in [7, 11) is 0. The molecule has 2 aromatic carbocycles. The molecule has 1 aliphatic rings. The third-order valence-electron chi connectivity index (χ3n) is 3.65. The van der Waals surface area contributed by atoms with Crippen molar-refractivity contribution in [3.63, 3.8) is 0 Å². The van der Waals surface area contributed by atoms with Gasteiger partial charge in [-0.15, -0.1) is 0 Å². The van der Waals surface area contributed by atoms with E-state index in [1.807, 2.05) is 36.4 Å². The van der Waals surface area contributed by atoms with Gasteiger partial charge in [-0.25, -0.2) is 0 Å². The predicted octanol–water partition coefficient (Wildman–Crippen LogP) is 4.73. The average molecular weight is 302 g/mol. The summed E-state index contributed by atoms with van der Waals surface area (Å²) in [5.74, 6) is 1.81. The first kappa shape index (κ1) is 14.0. The number of halogens is 1. The van der Waals surface area contributed by atoms with Gasteiger partial charge in [-0.1, -0.05) is 42.8 Å². The largest absolute Gasteiger partial charge is 0.454 e. The summed E-state index contributed by atoms with van der Waals surface area (Å²) < 4.78 is 5.82. The van der Waals surface area contributed by atoms with Crippen LogP contribution in [0.25, 0.3) is 0 Å². The first-order valence-corrected chi connectivity index (χ1v) is 7.35. The fraction of sp³-hybridized carbons (Fsp3) is 0.235. The Balaban J connectivity index is 1.79. The summed E-state index contributed by atoms with van der Waals surface area (Å²) in [6.45, 7) is 2.08. The van der Waals surface area contributed by atoms with Crippen LogP contribution in [0.3, 0.4) is 0 Å². The molecule has 1 aliphatic carbocycles. The normalized spacial score (nSPS) is 19.9. The van der Waals surface area contributed by atoms with Gasteiger partial charge in [0, 0.05) is 5.92 Å². The zero-order valence-electron chi connectivity index (χ0n) is 11.7. The highest BCUT2D eigenvalue weighted by atomic mass is 35.5. The fourth-order valence-electron chi connectivity index (χ4n) is 2.22. The first-order valence-electron chi connectivity index (χ1n) is 6.97. The van der Waals surface area contributed by atoms with Gasteiger partial charge in [-0.05, 0) is 36.6 Å². The van der Waals surface area contributed by atoms with Gasteiger partial charge in [0.05, 0.1) is 10.7 Å². The molecule has 2 atom stereocenters. The van der Waals surface area contributed by atoms with E-state index >= 15 is 0 Å². The molecule has 0 unspecified atom stereocenters. The van der Waals surface area contributed by atoms with Gasteiger partial charge in [0.1, 0.15) is 5.75 Å². The lowest BCUT2D eigenvalue weighted by atomic mass is 10.2. The van der Waals surface area contributed by atoms with Gasteiger partial charge in [0.2, 0.25) is 5.91 Å². The number of amides is 1. The SMILES string of the molecule is C[C@H]1C[C@H]1C(=O)Nc1ccccc1Oc1ccccc1Cl. The second kappa shape index (κ2) is 5.78. The Kier molecular flexibility index (Phi) is 3.84. The summed E-state index contributed by atoms with van der Waals surface area (Å²) in [4.78, 5) is 12.1. The Labute approximate surface area is 128 Å². The molecule has 0 heterocycles. The van der Waals surface area contributed by atoms with E-state index < -0.39 is 0 Å². The van der Waals surface area contributed by atoms with Crippen molar-refractivity contribution < 1.29 is 9.53 Å². The number of para-hydroxylation sites is 3. The molecule has 0 spiro atoms. The van der Waals surface area contributed by atoms with Crippen LogP contribution in [0.15, 0.2) is 48.5 Å². The van der Waals surface area contributed by atoms with Crippen molar-refractivity contribution in [1.29, 1.82) is 0 Å². The van der Waals surface area contributed by atoms with E-state index in [0.717, 1.165) is 6.42 Å². The number of hydrogen-bond acceptors (Lipinski definition) is 2. The van der Waals surface area contributed by atoms with E-state index in [1.54, 1.807) is 12.1 Å². The quantitative estimate of drug-likeness (QED) is 0.887. The lowest BCUT2D eigenvalue weighted by Crippen LogP contribution is -2.14. The summed E-state index contributed by atoms with van der Waals surface area (Å²) in [6.07, 6.45) is 0.958. The molecule has 0 aromatic heterocycles. The van der Waals surface area contributed by atoms with E-state index in [4.69, 9.17) is 16.3 Å². The van der Waals surface area contributed by atoms with Crippen molar-refractivity contribution in [2.45, 2.75) is 13.3 Å². The number of anilines is 1. The van der Waals surface area contributed by atoms with Gasteiger partial charge in [-0.3, -0.25) is 4.79 Å². The number of ether oxygens (including phenoxy) is 1. The van der Waals surface area contributed by atoms with Crippen molar-refractivity contribution in [2.24, 2.45) is 11.8 Å². The standard InChI is InChI=1S/C17H16ClNO2/c1-11-10-12(11)17(20)19-14-7-3-5-9-16(14)21-15-8-4-2-6-13(15)18/h2-9,11-12H,10H2,1H3,(H,19,20)/t11-,12+/m0/s1. The highest BCUT2D eigenvalue weighted by Gasteiger charge is 2.39. The maximum Gasteiger partial charge on any atom is 0.227 e. The van der Waals surface area contributed by atoms with E-state index in [1.165, 1.54) is 0 Å². The number of rotatable bonds is 4. The molecule has 3 rings (SSSR count). The zero-order chi connectivity index (χ0) is 14.8. The van der Waals surface area contributed by atoms with Crippen molar-refractivity contribution in [3.05, 3.63) is 53.6 Å². The molecule has 0 radical (unpaired) electrons. The molecule has 108 valence electrons. The van der Waals surface area contributed by atoms with E-state index in [9.17, 15) is 4.79 Å². The maximum atomic E-state index is 12.1. The van der Waals surface area contributed by atoms with Gasteiger partial charge < -0.3 is 10.1 Å². The Morgan fingerprint density at radius 3 is 2.43 bits per heavy atom. The topological polar surface area (TPSA) is 38.3 Å². The van der Waals surface area contributed by atoms with Crippen molar-refractivity contribution in [2.75, 3.05) is 5.32 Å². The fourth-order valence-corrected chi connectivity index (χ4v) is 2.39. The van der Waals surface area contributed by atoms with Gasteiger partial charge in [0.15, 0.2) is 5.75 Å². The molecule has 0 aliphatic heterocycles. The van der Waals surface area contributed by atoms with Crippen LogP contribution < -0.4 is 10.1 Å². The molecular weight excluding hydrogens is 286 g/mol. The Bertz CT molecular complexity index is 671. The van der Waals surface area contributed by atoms with Crippen LogP contribution in [0, 0.1) is 11.8 Å². The van der Waals surface area contributed by atoms with E-state index in [0.29, 0.717) is 28.1 Å². The van der Waals surface area contributed by atoms with Crippen LogP contribution in [0.1, 0.15) is 13.3 Å². The molecule has 21 heavy (non-hydrogen) atoms. The van der Waals surface area contributed by atoms with E-state index in [-0.39, 0.29) is 11.8 Å². The van der Waals surface area contributed by atoms with Crippen LogP contribution in [0.4, 0.5) is 5.69 Å². The highest BCUT2D eigenvalue weighted by molar-refractivity contribution is 6.32. The van der Waals surface area contributed by atoms with Crippen LogP contribution in [0.2, 0.25) is 5.02 Å². The molecule has 1 N–H and O–H groups in total. The first-order chi connectivity index (χ1) is 10.1. The number of nitrogens with one attached hydrogen (secondary N) is 1. The molecule has 4 heteroatoms. The molecule has 1 saturated carbocycles. The minimum absolute atomic E-state index is 0.0534. The molecule has 0 saturated heterocycles. The number of hydrogen-bond donors (Lipinski definition) is 1. The Morgan fingerprint density at radius 2 is 1.76 bits per heavy atom. The van der Waals surface area contributed by atoms with Crippen LogP contribution in [-0.4, -0.2) is 5.91 Å². The highest BCUT2D eigenvalue weighted by Crippen LogP contribution is 2.40. The summed E-state index contributed by atoms with van der Waals surface area (Å²) >= 11 is 6.10. The minimum Gasteiger partial charge on any atom is -0.454 e. The van der Waals surface area contributed by atoms with Gasteiger partial charge in [0.25, 0.3) is 0 Å². The summed E-state index contributed by atoms with van der Waals surface area (Å²) in [6, 6.07) is 14.6. The summed E-state index contributed by atoms with van der Waals surface area (Å²) in [5.41, 5.74) is 0.668. The van der Waals surface area contributed by atoms with Gasteiger partial charge >= 0.3 is 0 Å². The Morgan fingerprint density at radius 1 is 1.14 bits per heavy atom. The molecular formula is C17H16ClNO2. The number of carbonyl (C=O) groups is 1. The smallest absolute Gasteiger partial charge is 0.227 e. The third-order valence-corrected chi connectivity index (χ3v) is 3.96. The predicted molar refractivity (Wildman–Crippen MR) is 83.9 cm³/mol. The van der Waals surface area contributed by atoms with Crippen LogP contribution >= 0.6 is 11.6 Å². The molecule has 3 nitrogen and oxygen atoms in total. The van der Waals surface area contributed by atoms with Crippen LogP contribution in [0.5, 0.6) is 11.5 Å². The Hall–Kier alpha value is -2.00. The minimum atomic E-state index is 0.0534.